The molecule has 0 aliphatic carbocycles. The lowest BCUT2D eigenvalue weighted by molar-refractivity contribution is 0.180. The summed E-state index contributed by atoms with van der Waals surface area (Å²) in [4.78, 5) is 0. The second kappa shape index (κ2) is 6.88. The highest BCUT2D eigenvalue weighted by Gasteiger charge is 2.18. The highest BCUT2D eigenvalue weighted by atomic mass is 16.5. The van der Waals surface area contributed by atoms with Crippen LogP contribution in [0.4, 0.5) is 0 Å². The standard InChI is InChI=1S/C11H16N2O.C2H6/c1-8(2)10-7-6-9(3)11(14-5)13(10)12-4;1-2/h6-7H,4H2,1-3,5H3;1-2H3. The van der Waals surface area contributed by atoms with Gasteiger partial charge in [-0.2, -0.15) is 5.10 Å². The van der Waals surface area contributed by atoms with Crippen LogP contribution in [0.5, 0.6) is 0 Å². The lowest BCUT2D eigenvalue weighted by atomic mass is 10.1. The van der Waals surface area contributed by atoms with Gasteiger partial charge in [0.1, 0.15) is 0 Å². The molecule has 0 fully saturated rings. The lowest BCUT2D eigenvalue weighted by Crippen LogP contribution is -2.20. The normalized spacial score (nSPS) is 14.4. The Hall–Kier alpha value is -1.51. The Bertz CT molecular complexity index is 334. The molecule has 0 aromatic carbocycles. The molecule has 3 heteroatoms. The quantitative estimate of drug-likeness (QED) is 0.666. The van der Waals surface area contributed by atoms with Crippen LogP contribution in [0.1, 0.15) is 34.6 Å². The number of methoxy groups -OCH3 is 1. The molecule has 0 spiro atoms. The van der Waals surface area contributed by atoms with E-state index in [2.05, 4.69) is 11.8 Å². The van der Waals surface area contributed by atoms with E-state index in [1.807, 2.05) is 46.8 Å². The maximum absolute atomic E-state index is 5.27. The Kier molecular flexibility index (Phi) is 6.23. The number of hydrogen-bond acceptors (Lipinski definition) is 3. The zero-order valence-corrected chi connectivity index (χ0v) is 11.2. The summed E-state index contributed by atoms with van der Waals surface area (Å²) >= 11 is 0. The average molecular weight is 222 g/mol. The second-order valence-corrected chi connectivity index (χ2v) is 3.36. The lowest BCUT2D eigenvalue weighted by Gasteiger charge is -2.26. The van der Waals surface area contributed by atoms with Gasteiger partial charge in [-0.25, -0.2) is 5.01 Å². The van der Waals surface area contributed by atoms with Crippen molar-refractivity contribution in [1.29, 1.82) is 0 Å². The van der Waals surface area contributed by atoms with Crippen molar-refractivity contribution in [2.45, 2.75) is 34.6 Å². The molecule has 0 aromatic heterocycles. The Balaban J connectivity index is 0.00000106. The van der Waals surface area contributed by atoms with E-state index in [-0.39, 0.29) is 0 Å². The third-order valence-electron chi connectivity index (χ3n) is 2.10. The molecule has 0 unspecified atom stereocenters. The molecule has 0 bridgehead atoms. The fourth-order valence-corrected chi connectivity index (χ4v) is 1.39. The van der Waals surface area contributed by atoms with Crippen molar-refractivity contribution in [3.63, 3.8) is 0 Å². The predicted octanol–water partition coefficient (Wildman–Crippen LogP) is 3.67. The van der Waals surface area contributed by atoms with Gasteiger partial charge in [0.2, 0.25) is 5.88 Å². The van der Waals surface area contributed by atoms with Gasteiger partial charge in [-0.05, 0) is 26.8 Å². The number of nitrogens with zero attached hydrogens (tertiary/aromatic N) is 2. The topological polar surface area (TPSA) is 24.8 Å². The van der Waals surface area contributed by atoms with E-state index in [1.54, 1.807) is 12.1 Å². The van der Waals surface area contributed by atoms with Crippen LogP contribution in [0.15, 0.2) is 40.0 Å². The molecule has 1 rings (SSSR count). The molecule has 0 N–H and O–H groups in total. The SMILES string of the molecule is C=NN1C(=C(C)C)C=CC(C)=C1OC.CC. The Morgan fingerprint density at radius 3 is 2.25 bits per heavy atom. The van der Waals surface area contributed by atoms with Crippen molar-refractivity contribution in [3.05, 3.63) is 34.9 Å². The van der Waals surface area contributed by atoms with Gasteiger partial charge in [-0.1, -0.05) is 25.5 Å². The summed E-state index contributed by atoms with van der Waals surface area (Å²) in [5.41, 5.74) is 3.24. The highest BCUT2D eigenvalue weighted by molar-refractivity contribution is 5.38. The highest BCUT2D eigenvalue weighted by Crippen LogP contribution is 2.26. The Morgan fingerprint density at radius 2 is 1.88 bits per heavy atom. The molecule has 16 heavy (non-hydrogen) atoms. The largest absolute Gasteiger partial charge is 0.481 e. The molecule has 1 aliphatic rings. The van der Waals surface area contributed by atoms with Crippen LogP contribution >= 0.6 is 0 Å². The minimum Gasteiger partial charge on any atom is -0.481 e. The first-order valence-corrected chi connectivity index (χ1v) is 5.49. The molecule has 0 atom stereocenters. The molecule has 3 nitrogen and oxygen atoms in total. The summed E-state index contributed by atoms with van der Waals surface area (Å²) in [6, 6.07) is 0. The van der Waals surface area contributed by atoms with E-state index < -0.39 is 0 Å². The summed E-state index contributed by atoms with van der Waals surface area (Å²) in [7, 11) is 1.64. The maximum atomic E-state index is 5.27. The van der Waals surface area contributed by atoms with Gasteiger partial charge >= 0.3 is 0 Å². The maximum Gasteiger partial charge on any atom is 0.217 e. The molecule has 1 aliphatic heterocycles. The minimum atomic E-state index is 0.735. The summed E-state index contributed by atoms with van der Waals surface area (Å²) < 4.78 is 5.27. The molecule has 0 radical (unpaired) electrons. The fourth-order valence-electron chi connectivity index (χ4n) is 1.39. The Morgan fingerprint density at radius 1 is 1.31 bits per heavy atom. The summed E-state index contributed by atoms with van der Waals surface area (Å²) in [6.07, 6.45) is 4.03. The van der Waals surface area contributed by atoms with Crippen LogP contribution in [0.25, 0.3) is 0 Å². The molecule has 1 heterocycles. The van der Waals surface area contributed by atoms with Crippen LogP contribution in [-0.2, 0) is 4.74 Å². The molecule has 0 saturated carbocycles. The van der Waals surface area contributed by atoms with E-state index in [4.69, 9.17) is 4.74 Å². The zero-order valence-electron chi connectivity index (χ0n) is 11.2. The molecule has 0 saturated heterocycles. The fraction of sp³-hybridized carbons (Fsp3) is 0.462. The van der Waals surface area contributed by atoms with Crippen molar-refractivity contribution in [3.8, 4) is 0 Å². The van der Waals surface area contributed by atoms with E-state index in [1.165, 1.54) is 5.57 Å². The van der Waals surface area contributed by atoms with Gasteiger partial charge in [0, 0.05) is 12.3 Å². The van der Waals surface area contributed by atoms with E-state index in [9.17, 15) is 0 Å². The van der Waals surface area contributed by atoms with Gasteiger partial charge in [0.15, 0.2) is 0 Å². The molecular formula is C13H22N2O. The van der Waals surface area contributed by atoms with Crippen molar-refractivity contribution >= 4 is 6.72 Å². The molecule has 0 aromatic rings. The smallest absolute Gasteiger partial charge is 0.217 e. The summed E-state index contributed by atoms with van der Waals surface area (Å²) in [6.45, 7) is 13.6. The van der Waals surface area contributed by atoms with Crippen LogP contribution < -0.4 is 0 Å². The van der Waals surface area contributed by atoms with Crippen LogP contribution in [-0.4, -0.2) is 18.8 Å². The van der Waals surface area contributed by atoms with Crippen molar-refractivity contribution < 1.29 is 4.74 Å². The van der Waals surface area contributed by atoms with Crippen molar-refractivity contribution in [2.24, 2.45) is 5.10 Å². The first-order chi connectivity index (χ1) is 7.61. The van der Waals surface area contributed by atoms with E-state index in [0.29, 0.717) is 0 Å². The average Bonchev–Trinajstić information content (AvgIpc) is 2.30. The van der Waals surface area contributed by atoms with E-state index in [0.717, 1.165) is 17.2 Å². The van der Waals surface area contributed by atoms with Gasteiger partial charge in [-0.3, -0.25) is 0 Å². The number of ether oxygens (including phenoxy) is 1. The molecular weight excluding hydrogens is 200 g/mol. The van der Waals surface area contributed by atoms with Gasteiger partial charge in [0.05, 0.1) is 12.8 Å². The third kappa shape index (κ3) is 2.99. The van der Waals surface area contributed by atoms with Gasteiger partial charge in [0.25, 0.3) is 0 Å². The summed E-state index contributed by atoms with van der Waals surface area (Å²) in [5, 5.41) is 5.66. The van der Waals surface area contributed by atoms with Gasteiger partial charge in [-0.15, -0.1) is 0 Å². The first kappa shape index (κ1) is 14.5. The predicted molar refractivity (Wildman–Crippen MR) is 70.0 cm³/mol. The summed E-state index contributed by atoms with van der Waals surface area (Å²) in [5.74, 6) is 0.735. The zero-order chi connectivity index (χ0) is 12.7. The van der Waals surface area contributed by atoms with Crippen molar-refractivity contribution in [2.75, 3.05) is 7.11 Å². The van der Waals surface area contributed by atoms with Crippen molar-refractivity contribution in [1.82, 2.24) is 5.01 Å². The van der Waals surface area contributed by atoms with Crippen LogP contribution in [0, 0.1) is 0 Å². The number of hydrazone groups is 1. The number of allylic oxidation sites excluding steroid dienone is 4. The number of hydrogen-bond donors (Lipinski definition) is 0. The first-order valence-electron chi connectivity index (χ1n) is 5.49. The monoisotopic (exact) mass is 222 g/mol. The molecule has 0 amide bonds. The van der Waals surface area contributed by atoms with E-state index >= 15 is 0 Å². The molecule has 90 valence electrons. The van der Waals surface area contributed by atoms with Gasteiger partial charge < -0.3 is 4.74 Å². The minimum absolute atomic E-state index is 0.735. The van der Waals surface area contributed by atoms with Crippen LogP contribution in [0.2, 0.25) is 0 Å². The van der Waals surface area contributed by atoms with Crippen LogP contribution in [0.3, 0.4) is 0 Å². The third-order valence-corrected chi connectivity index (χ3v) is 2.10. The number of rotatable bonds is 2. The second-order valence-electron chi connectivity index (χ2n) is 3.36. The Labute approximate surface area is 98.8 Å².